The molecule has 0 saturated carbocycles. The first kappa shape index (κ1) is 15.8. The van der Waals surface area contributed by atoms with Crippen LogP contribution in [0.3, 0.4) is 0 Å². The summed E-state index contributed by atoms with van der Waals surface area (Å²) in [6.07, 6.45) is 4.34. The predicted molar refractivity (Wildman–Crippen MR) is 85.9 cm³/mol. The van der Waals surface area contributed by atoms with E-state index < -0.39 is 0 Å². The van der Waals surface area contributed by atoms with E-state index in [-0.39, 0.29) is 5.78 Å². The summed E-state index contributed by atoms with van der Waals surface area (Å²) in [6, 6.07) is 5.92. The lowest BCUT2D eigenvalue weighted by molar-refractivity contribution is 0.0935. The summed E-state index contributed by atoms with van der Waals surface area (Å²) in [6.45, 7) is 6.69. The molecule has 1 fully saturated rings. The molecule has 1 aliphatic rings. The Kier molecular flexibility index (Phi) is 5.62. The highest BCUT2D eigenvalue weighted by molar-refractivity contribution is 5.97. The van der Waals surface area contributed by atoms with Gasteiger partial charge in [-0.15, -0.1) is 0 Å². The molecule has 0 aliphatic carbocycles. The van der Waals surface area contributed by atoms with Crippen molar-refractivity contribution in [3.63, 3.8) is 0 Å². The van der Waals surface area contributed by atoms with Crippen LogP contribution in [0.5, 0.6) is 5.75 Å². The summed E-state index contributed by atoms with van der Waals surface area (Å²) in [7, 11) is 0. The van der Waals surface area contributed by atoms with Crippen LogP contribution in [0.4, 0.5) is 5.69 Å². The Balaban J connectivity index is 1.92. The maximum absolute atomic E-state index is 12.3. The van der Waals surface area contributed by atoms with Crippen molar-refractivity contribution >= 4 is 11.5 Å². The zero-order chi connectivity index (χ0) is 15.2. The van der Waals surface area contributed by atoms with E-state index in [4.69, 9.17) is 10.5 Å². The second-order valence-electron chi connectivity index (χ2n) is 5.74. The van der Waals surface area contributed by atoms with Crippen molar-refractivity contribution in [2.24, 2.45) is 0 Å². The molecule has 4 heteroatoms. The Morgan fingerprint density at radius 3 is 2.90 bits per heavy atom. The van der Waals surface area contributed by atoms with Crippen molar-refractivity contribution in [2.45, 2.75) is 45.6 Å². The normalized spacial score (nSPS) is 19.4. The van der Waals surface area contributed by atoms with Crippen LogP contribution >= 0.6 is 0 Å². The highest BCUT2D eigenvalue weighted by Gasteiger charge is 2.19. The van der Waals surface area contributed by atoms with E-state index in [9.17, 15) is 4.79 Å². The van der Waals surface area contributed by atoms with Gasteiger partial charge < -0.3 is 15.4 Å². The number of hydrogen-bond donors (Lipinski definition) is 1. The van der Waals surface area contributed by atoms with E-state index in [0.29, 0.717) is 36.1 Å². The molecule has 1 atom stereocenters. The average Bonchev–Trinajstić information content (AvgIpc) is 2.48. The number of benzene rings is 1. The van der Waals surface area contributed by atoms with Gasteiger partial charge in [0, 0.05) is 24.6 Å². The number of ether oxygens (including phenoxy) is 1. The van der Waals surface area contributed by atoms with Crippen molar-refractivity contribution in [3.05, 3.63) is 23.8 Å². The molecule has 0 aromatic heterocycles. The fourth-order valence-electron chi connectivity index (χ4n) is 2.89. The maximum Gasteiger partial charge on any atom is 0.164 e. The molecule has 21 heavy (non-hydrogen) atoms. The zero-order valence-electron chi connectivity index (χ0n) is 13.1. The predicted octanol–water partition coefficient (Wildman–Crippen LogP) is 3.11. The summed E-state index contributed by atoms with van der Waals surface area (Å²) in [5.41, 5.74) is 7.14. The molecule has 1 aromatic rings. The van der Waals surface area contributed by atoms with E-state index in [0.717, 1.165) is 13.1 Å². The van der Waals surface area contributed by atoms with Gasteiger partial charge in [0.05, 0.1) is 12.3 Å². The summed E-state index contributed by atoms with van der Waals surface area (Å²) >= 11 is 0. The van der Waals surface area contributed by atoms with Gasteiger partial charge in [0.25, 0.3) is 0 Å². The molecule has 1 heterocycles. The van der Waals surface area contributed by atoms with Crippen molar-refractivity contribution in [2.75, 3.05) is 25.4 Å². The van der Waals surface area contributed by atoms with Crippen LogP contribution in [-0.2, 0) is 0 Å². The number of carbonyl (C=O) groups excluding carboxylic acids is 1. The molecule has 2 rings (SSSR count). The third-order valence-corrected chi connectivity index (χ3v) is 4.20. The van der Waals surface area contributed by atoms with E-state index in [2.05, 4.69) is 11.8 Å². The summed E-state index contributed by atoms with van der Waals surface area (Å²) in [4.78, 5) is 14.7. The van der Waals surface area contributed by atoms with Crippen molar-refractivity contribution < 1.29 is 9.53 Å². The fourth-order valence-corrected chi connectivity index (χ4v) is 2.89. The van der Waals surface area contributed by atoms with Gasteiger partial charge in [0.15, 0.2) is 5.78 Å². The smallest absolute Gasteiger partial charge is 0.164 e. The van der Waals surface area contributed by atoms with Crippen LogP contribution in [0.15, 0.2) is 18.2 Å². The minimum absolute atomic E-state index is 0.155. The first-order valence-corrected chi connectivity index (χ1v) is 7.91. The molecule has 1 aromatic carbocycles. The van der Waals surface area contributed by atoms with Gasteiger partial charge in [-0.1, -0.05) is 6.42 Å². The van der Waals surface area contributed by atoms with Gasteiger partial charge in [-0.05, 0) is 51.4 Å². The number of anilines is 1. The Morgan fingerprint density at radius 2 is 2.24 bits per heavy atom. The maximum atomic E-state index is 12.3. The molecule has 1 saturated heterocycles. The number of carbonyl (C=O) groups is 1. The van der Waals surface area contributed by atoms with E-state index in [1.165, 1.54) is 19.3 Å². The third kappa shape index (κ3) is 4.21. The number of hydrogen-bond acceptors (Lipinski definition) is 4. The van der Waals surface area contributed by atoms with Gasteiger partial charge in [0.2, 0.25) is 0 Å². The van der Waals surface area contributed by atoms with Crippen molar-refractivity contribution in [1.82, 2.24) is 4.90 Å². The monoisotopic (exact) mass is 290 g/mol. The SMILES string of the molecule is CCOc1ccc(C(=O)CCN2CCCCC2C)cc1N. The van der Waals surface area contributed by atoms with Gasteiger partial charge in [-0.2, -0.15) is 0 Å². The van der Waals surface area contributed by atoms with E-state index >= 15 is 0 Å². The Labute approximate surface area is 127 Å². The molecule has 1 aliphatic heterocycles. The Hall–Kier alpha value is -1.55. The van der Waals surface area contributed by atoms with Gasteiger partial charge in [-0.3, -0.25) is 4.79 Å². The molecule has 2 N–H and O–H groups in total. The van der Waals surface area contributed by atoms with Crippen LogP contribution in [0.2, 0.25) is 0 Å². The first-order valence-electron chi connectivity index (χ1n) is 7.91. The van der Waals surface area contributed by atoms with Crippen LogP contribution in [-0.4, -0.2) is 36.4 Å². The molecule has 1 unspecified atom stereocenters. The number of Topliss-reactive ketones (excluding diaryl/α,β-unsaturated/α-hetero) is 1. The van der Waals surface area contributed by atoms with Crippen LogP contribution in [0.1, 0.15) is 49.9 Å². The van der Waals surface area contributed by atoms with Crippen LogP contribution in [0.25, 0.3) is 0 Å². The summed E-state index contributed by atoms with van der Waals surface area (Å²) < 4.78 is 5.40. The fraction of sp³-hybridized carbons (Fsp3) is 0.588. The van der Waals surface area contributed by atoms with E-state index in [1.54, 1.807) is 12.1 Å². The Bertz CT molecular complexity index is 488. The topological polar surface area (TPSA) is 55.6 Å². The number of rotatable bonds is 6. The molecule has 116 valence electrons. The minimum atomic E-state index is 0.155. The third-order valence-electron chi connectivity index (χ3n) is 4.20. The van der Waals surface area contributed by atoms with Crippen LogP contribution in [0, 0.1) is 0 Å². The standard InChI is InChI=1S/C17H26N2O2/c1-3-21-17-8-7-14(12-15(17)18)16(20)9-11-19-10-5-4-6-13(19)2/h7-8,12-13H,3-6,9-11,18H2,1-2H3. The molecule has 0 bridgehead atoms. The second kappa shape index (κ2) is 7.46. The molecule has 0 radical (unpaired) electrons. The lowest BCUT2D eigenvalue weighted by Crippen LogP contribution is -2.38. The summed E-state index contributed by atoms with van der Waals surface area (Å²) in [5.74, 6) is 0.807. The van der Waals surface area contributed by atoms with E-state index in [1.807, 2.05) is 13.0 Å². The highest BCUT2D eigenvalue weighted by atomic mass is 16.5. The quantitative estimate of drug-likeness (QED) is 0.646. The number of likely N-dealkylation sites (tertiary alicyclic amines) is 1. The first-order chi connectivity index (χ1) is 10.1. The second-order valence-corrected chi connectivity index (χ2v) is 5.74. The van der Waals surface area contributed by atoms with Crippen LogP contribution < -0.4 is 10.5 Å². The number of piperidine rings is 1. The molecule has 4 nitrogen and oxygen atoms in total. The lowest BCUT2D eigenvalue weighted by Gasteiger charge is -2.33. The number of nitrogens with two attached hydrogens (primary N) is 1. The Morgan fingerprint density at radius 1 is 1.43 bits per heavy atom. The van der Waals surface area contributed by atoms with Crippen molar-refractivity contribution in [1.29, 1.82) is 0 Å². The van der Waals surface area contributed by atoms with Gasteiger partial charge in [-0.25, -0.2) is 0 Å². The van der Waals surface area contributed by atoms with Crippen molar-refractivity contribution in [3.8, 4) is 5.75 Å². The molecule has 0 amide bonds. The highest BCUT2D eigenvalue weighted by Crippen LogP contribution is 2.23. The van der Waals surface area contributed by atoms with Gasteiger partial charge in [0.1, 0.15) is 5.75 Å². The average molecular weight is 290 g/mol. The zero-order valence-corrected chi connectivity index (χ0v) is 13.1. The molecular formula is C17H26N2O2. The largest absolute Gasteiger partial charge is 0.492 e. The minimum Gasteiger partial charge on any atom is -0.492 e. The lowest BCUT2D eigenvalue weighted by atomic mass is 10.0. The summed E-state index contributed by atoms with van der Waals surface area (Å²) in [5, 5.41) is 0. The number of nitrogens with zero attached hydrogens (tertiary/aromatic N) is 1. The van der Waals surface area contributed by atoms with Gasteiger partial charge >= 0.3 is 0 Å². The molecule has 0 spiro atoms. The molecular weight excluding hydrogens is 264 g/mol. The number of nitrogen functional groups attached to an aromatic ring is 1. The number of ketones is 1.